The van der Waals surface area contributed by atoms with Gasteiger partial charge >= 0.3 is 5.97 Å². The number of carbonyl (C=O) groups excluding carboxylic acids is 1. The first-order valence-corrected chi connectivity index (χ1v) is 8.48. The second kappa shape index (κ2) is 6.29. The van der Waals surface area contributed by atoms with Crippen molar-refractivity contribution < 1.29 is 14.5 Å². The Morgan fingerprint density at radius 3 is 2.69 bits per heavy atom. The van der Waals surface area contributed by atoms with Gasteiger partial charge in [-0.3, -0.25) is 10.1 Å². The van der Waals surface area contributed by atoms with Gasteiger partial charge in [0.25, 0.3) is 5.69 Å². The van der Waals surface area contributed by atoms with Crippen LogP contribution in [0.15, 0.2) is 54.6 Å². The number of benzene rings is 2. The van der Waals surface area contributed by atoms with Crippen LogP contribution in [0.25, 0.3) is 0 Å². The van der Waals surface area contributed by atoms with Crippen molar-refractivity contribution in [3.05, 3.63) is 81.4 Å². The highest BCUT2D eigenvalue weighted by atomic mass is 16.6. The molecule has 0 saturated heterocycles. The Hall–Kier alpha value is -3.15. The zero-order valence-electron chi connectivity index (χ0n) is 14.2. The van der Waals surface area contributed by atoms with E-state index in [0.717, 1.165) is 23.2 Å². The molecule has 0 aromatic heterocycles. The molecule has 1 N–H and O–H groups in total. The van der Waals surface area contributed by atoms with Crippen LogP contribution in [0.3, 0.4) is 0 Å². The van der Waals surface area contributed by atoms with E-state index >= 15 is 0 Å². The molecule has 0 fully saturated rings. The first-order valence-electron chi connectivity index (χ1n) is 8.48. The summed E-state index contributed by atoms with van der Waals surface area (Å²) in [5.74, 6) is 0.164. The van der Waals surface area contributed by atoms with Crippen LogP contribution in [0.5, 0.6) is 0 Å². The normalized spacial score (nSPS) is 22.9. The number of non-ortho nitro benzene ring substituents is 1. The van der Waals surface area contributed by atoms with Crippen LogP contribution >= 0.6 is 0 Å². The molecule has 132 valence electrons. The predicted octanol–water partition coefficient (Wildman–Crippen LogP) is 4.21. The molecule has 0 spiro atoms. The molecule has 2 aliphatic rings. The molecular formula is C20H18N2O4. The third-order valence-corrected chi connectivity index (χ3v) is 5.25. The number of fused-ring (bicyclic) bond motifs is 3. The maximum absolute atomic E-state index is 11.8. The lowest BCUT2D eigenvalue weighted by Crippen LogP contribution is -2.29. The van der Waals surface area contributed by atoms with Crippen LogP contribution in [0.2, 0.25) is 0 Å². The number of methoxy groups -OCH3 is 1. The standard InChI is InChI=1S/C20H18N2O4/c1-26-20(23)13-7-10-18-17(11-13)15-3-2-4-16(15)19(21-18)12-5-8-14(9-6-12)22(24)25/h2-3,5-11,15-16,19,21H,4H2,1H3/t15-,16-,19+/m1/s1. The highest BCUT2D eigenvalue weighted by molar-refractivity contribution is 5.90. The largest absolute Gasteiger partial charge is 0.465 e. The number of nitro benzene ring substituents is 1. The number of carbonyl (C=O) groups is 1. The lowest BCUT2D eigenvalue weighted by atomic mass is 9.76. The highest BCUT2D eigenvalue weighted by Gasteiger charge is 2.38. The van der Waals surface area contributed by atoms with E-state index < -0.39 is 0 Å². The minimum atomic E-state index is -0.387. The van der Waals surface area contributed by atoms with Gasteiger partial charge in [0.2, 0.25) is 0 Å². The van der Waals surface area contributed by atoms with Gasteiger partial charge in [0.05, 0.1) is 23.6 Å². The summed E-state index contributed by atoms with van der Waals surface area (Å²) in [7, 11) is 1.38. The van der Waals surface area contributed by atoms with Gasteiger partial charge < -0.3 is 10.1 Å². The smallest absolute Gasteiger partial charge is 0.337 e. The number of anilines is 1. The molecule has 0 radical (unpaired) electrons. The van der Waals surface area contributed by atoms with E-state index in [4.69, 9.17) is 4.74 Å². The van der Waals surface area contributed by atoms with E-state index in [0.29, 0.717) is 11.5 Å². The number of nitrogens with zero attached hydrogens (tertiary/aromatic N) is 1. The summed E-state index contributed by atoms with van der Waals surface area (Å²) in [4.78, 5) is 22.3. The summed E-state index contributed by atoms with van der Waals surface area (Å²) in [5.41, 5.74) is 3.73. The third-order valence-electron chi connectivity index (χ3n) is 5.25. The first kappa shape index (κ1) is 16.3. The Morgan fingerprint density at radius 1 is 1.23 bits per heavy atom. The van der Waals surface area contributed by atoms with Crippen LogP contribution in [-0.4, -0.2) is 18.0 Å². The molecule has 0 amide bonds. The van der Waals surface area contributed by atoms with E-state index in [9.17, 15) is 14.9 Å². The Labute approximate surface area is 150 Å². The average molecular weight is 350 g/mol. The Bertz CT molecular complexity index is 905. The lowest BCUT2D eigenvalue weighted by Gasteiger charge is -2.37. The highest BCUT2D eigenvalue weighted by Crippen LogP contribution is 2.50. The van der Waals surface area contributed by atoms with Gasteiger partial charge in [-0.1, -0.05) is 24.3 Å². The maximum atomic E-state index is 11.8. The number of nitro groups is 1. The van der Waals surface area contributed by atoms with E-state index in [1.165, 1.54) is 7.11 Å². The van der Waals surface area contributed by atoms with Crippen molar-refractivity contribution in [2.45, 2.75) is 18.4 Å². The lowest BCUT2D eigenvalue weighted by molar-refractivity contribution is -0.384. The summed E-state index contributed by atoms with van der Waals surface area (Å²) >= 11 is 0. The van der Waals surface area contributed by atoms with Gasteiger partial charge in [-0.05, 0) is 41.7 Å². The van der Waals surface area contributed by atoms with E-state index in [1.807, 2.05) is 24.3 Å². The van der Waals surface area contributed by atoms with Crippen LogP contribution < -0.4 is 5.32 Å². The number of allylic oxidation sites excluding steroid dienone is 2. The topological polar surface area (TPSA) is 81.5 Å². The summed E-state index contributed by atoms with van der Waals surface area (Å²) in [6.45, 7) is 0. The minimum absolute atomic E-state index is 0.0623. The monoisotopic (exact) mass is 350 g/mol. The van der Waals surface area contributed by atoms with Crippen LogP contribution in [0.4, 0.5) is 11.4 Å². The SMILES string of the molecule is COC(=O)c1ccc2c(c1)[C@@H]1C=CC[C@H]1[C@H](c1ccc([N+](=O)[O-])cc1)N2. The van der Waals surface area contributed by atoms with Gasteiger partial charge in [0.1, 0.15) is 0 Å². The molecule has 0 saturated carbocycles. The van der Waals surface area contributed by atoms with Gasteiger partial charge in [0.15, 0.2) is 0 Å². The fraction of sp³-hybridized carbons (Fsp3) is 0.250. The summed E-state index contributed by atoms with van der Waals surface area (Å²) in [5, 5.41) is 14.4. The molecule has 2 aromatic rings. The predicted molar refractivity (Wildman–Crippen MR) is 97.2 cm³/mol. The Morgan fingerprint density at radius 2 is 2.00 bits per heavy atom. The van der Waals surface area contributed by atoms with E-state index in [1.54, 1.807) is 18.2 Å². The number of rotatable bonds is 3. The first-order chi connectivity index (χ1) is 12.6. The molecule has 1 aliphatic heterocycles. The fourth-order valence-electron chi connectivity index (χ4n) is 3.97. The molecule has 3 atom stereocenters. The Kier molecular flexibility index (Phi) is 3.95. The second-order valence-corrected chi connectivity index (χ2v) is 6.62. The fourth-order valence-corrected chi connectivity index (χ4v) is 3.97. The average Bonchev–Trinajstić information content (AvgIpc) is 3.16. The van der Waals surface area contributed by atoms with Crippen molar-refractivity contribution in [1.29, 1.82) is 0 Å². The van der Waals surface area contributed by atoms with Crippen molar-refractivity contribution in [3.8, 4) is 0 Å². The van der Waals surface area contributed by atoms with E-state index in [2.05, 4.69) is 17.5 Å². The quantitative estimate of drug-likeness (QED) is 0.388. The van der Waals surface area contributed by atoms with Crippen molar-refractivity contribution in [2.75, 3.05) is 12.4 Å². The van der Waals surface area contributed by atoms with Gasteiger partial charge in [-0.25, -0.2) is 4.79 Å². The second-order valence-electron chi connectivity index (χ2n) is 6.62. The summed E-state index contributed by atoms with van der Waals surface area (Å²) in [6.07, 6.45) is 5.26. The number of hydrogen-bond acceptors (Lipinski definition) is 5. The third kappa shape index (κ3) is 2.63. The molecule has 6 heteroatoms. The molecule has 0 unspecified atom stereocenters. The van der Waals surface area contributed by atoms with Gasteiger partial charge in [-0.15, -0.1) is 0 Å². The molecule has 0 bridgehead atoms. The van der Waals surface area contributed by atoms with Gasteiger partial charge in [0, 0.05) is 23.7 Å². The zero-order chi connectivity index (χ0) is 18.3. The summed E-state index contributed by atoms with van der Waals surface area (Å²) in [6, 6.07) is 12.3. The van der Waals surface area contributed by atoms with Crippen molar-refractivity contribution >= 4 is 17.3 Å². The molecule has 4 rings (SSSR count). The van der Waals surface area contributed by atoms with Crippen molar-refractivity contribution in [1.82, 2.24) is 0 Å². The zero-order valence-corrected chi connectivity index (χ0v) is 14.2. The van der Waals surface area contributed by atoms with Crippen LogP contribution in [0.1, 0.15) is 39.9 Å². The number of esters is 1. The van der Waals surface area contributed by atoms with E-state index in [-0.39, 0.29) is 28.5 Å². The number of ether oxygens (including phenoxy) is 1. The Balaban J connectivity index is 1.71. The van der Waals surface area contributed by atoms with Crippen LogP contribution in [-0.2, 0) is 4.74 Å². The molecule has 2 aromatic carbocycles. The number of hydrogen-bond donors (Lipinski definition) is 1. The molecular weight excluding hydrogens is 332 g/mol. The molecule has 1 aliphatic carbocycles. The summed E-state index contributed by atoms with van der Waals surface area (Å²) < 4.78 is 4.83. The van der Waals surface area contributed by atoms with Crippen molar-refractivity contribution in [3.63, 3.8) is 0 Å². The minimum Gasteiger partial charge on any atom is -0.465 e. The maximum Gasteiger partial charge on any atom is 0.337 e. The van der Waals surface area contributed by atoms with Crippen LogP contribution in [0, 0.1) is 16.0 Å². The molecule has 26 heavy (non-hydrogen) atoms. The van der Waals surface area contributed by atoms with Crippen molar-refractivity contribution in [2.24, 2.45) is 5.92 Å². The number of nitrogens with one attached hydrogen (secondary N) is 1. The van der Waals surface area contributed by atoms with Gasteiger partial charge in [-0.2, -0.15) is 0 Å². The molecule has 1 heterocycles. The molecule has 6 nitrogen and oxygen atoms in total.